The van der Waals surface area contributed by atoms with Crippen molar-refractivity contribution in [1.29, 1.82) is 0 Å². The van der Waals surface area contributed by atoms with Crippen LogP contribution < -0.4 is 10.1 Å². The van der Waals surface area contributed by atoms with Crippen molar-refractivity contribution in [2.75, 3.05) is 0 Å². The first-order valence-electron chi connectivity index (χ1n) is 8.69. The van der Waals surface area contributed by atoms with Crippen molar-refractivity contribution in [3.05, 3.63) is 59.7 Å². The molecule has 0 unspecified atom stereocenters. The molecule has 0 aromatic heterocycles. The summed E-state index contributed by atoms with van der Waals surface area (Å²) in [5.41, 5.74) is 0.952. The lowest BCUT2D eigenvalue weighted by atomic mass is 10.0. The van der Waals surface area contributed by atoms with E-state index in [-0.39, 0.29) is 11.7 Å². The van der Waals surface area contributed by atoms with Gasteiger partial charge in [0.1, 0.15) is 17.5 Å². The predicted molar refractivity (Wildman–Crippen MR) is 101 cm³/mol. The third-order valence-electron chi connectivity index (χ3n) is 3.92. The monoisotopic (exact) mass is 369 g/mol. The van der Waals surface area contributed by atoms with Gasteiger partial charge in [-0.15, -0.1) is 0 Å². The zero-order valence-electron chi connectivity index (χ0n) is 15.6. The second kappa shape index (κ2) is 8.98. The fourth-order valence-corrected chi connectivity index (χ4v) is 2.50. The van der Waals surface area contributed by atoms with Crippen molar-refractivity contribution in [1.82, 2.24) is 5.32 Å². The zero-order chi connectivity index (χ0) is 20.0. The van der Waals surface area contributed by atoms with Crippen LogP contribution in [0.1, 0.15) is 47.9 Å². The van der Waals surface area contributed by atoms with Crippen LogP contribution >= 0.6 is 0 Å². The summed E-state index contributed by atoms with van der Waals surface area (Å²) < 4.78 is 5.68. The lowest BCUT2D eigenvalue weighted by Crippen LogP contribution is -2.41. The van der Waals surface area contributed by atoms with Crippen LogP contribution in [0.25, 0.3) is 0 Å². The minimum absolute atomic E-state index is 0.0194. The van der Waals surface area contributed by atoms with Gasteiger partial charge in [-0.3, -0.25) is 9.59 Å². The van der Waals surface area contributed by atoms with Crippen LogP contribution in [-0.4, -0.2) is 28.8 Å². The van der Waals surface area contributed by atoms with Crippen LogP contribution in [0.15, 0.2) is 48.5 Å². The Morgan fingerprint density at radius 2 is 1.41 bits per heavy atom. The average molecular weight is 369 g/mol. The summed E-state index contributed by atoms with van der Waals surface area (Å²) in [6.07, 6.45) is 0.360. The summed E-state index contributed by atoms with van der Waals surface area (Å²) in [6, 6.07) is 12.2. The lowest BCUT2D eigenvalue weighted by molar-refractivity contribution is -0.139. The van der Waals surface area contributed by atoms with Crippen LogP contribution in [-0.2, 0) is 4.79 Å². The van der Waals surface area contributed by atoms with Gasteiger partial charge in [0.15, 0.2) is 5.78 Å². The molecule has 0 saturated carbocycles. The number of aliphatic carboxylic acids is 1. The van der Waals surface area contributed by atoms with E-state index in [2.05, 4.69) is 5.32 Å². The molecular weight excluding hydrogens is 346 g/mol. The maximum absolute atomic E-state index is 12.3. The standard InChI is InChI=1S/C21H23NO5/c1-13(2)12-19(21(25)26)22-20(24)16-6-10-18(11-7-16)27-17-8-4-15(5-9-17)14(3)23/h4-11,13,19H,12H2,1-3H3,(H,22,24)(H,25,26)/t19-/m0/s1. The average Bonchev–Trinajstić information content (AvgIpc) is 2.61. The van der Waals surface area contributed by atoms with E-state index >= 15 is 0 Å². The van der Waals surface area contributed by atoms with Gasteiger partial charge >= 0.3 is 5.97 Å². The number of carbonyl (C=O) groups is 3. The summed E-state index contributed by atoms with van der Waals surface area (Å²) >= 11 is 0. The molecule has 2 N–H and O–H groups in total. The molecular formula is C21H23NO5. The minimum Gasteiger partial charge on any atom is -0.480 e. The molecule has 6 heteroatoms. The SMILES string of the molecule is CC(=O)c1ccc(Oc2ccc(C(=O)N[C@@H](CC(C)C)C(=O)O)cc2)cc1. The summed E-state index contributed by atoms with van der Waals surface area (Å²) in [5.74, 6) is -0.267. The van der Waals surface area contributed by atoms with E-state index < -0.39 is 17.9 Å². The van der Waals surface area contributed by atoms with Gasteiger partial charge in [0, 0.05) is 11.1 Å². The van der Waals surface area contributed by atoms with Crippen LogP contribution in [0.4, 0.5) is 0 Å². The molecule has 2 aromatic carbocycles. The Morgan fingerprint density at radius 1 is 0.926 bits per heavy atom. The smallest absolute Gasteiger partial charge is 0.326 e. The van der Waals surface area contributed by atoms with E-state index in [0.29, 0.717) is 29.0 Å². The molecule has 0 spiro atoms. The number of ether oxygens (including phenoxy) is 1. The number of hydrogen-bond acceptors (Lipinski definition) is 4. The first-order valence-corrected chi connectivity index (χ1v) is 8.69. The van der Waals surface area contributed by atoms with Gasteiger partial charge in [0.25, 0.3) is 5.91 Å². The molecule has 1 atom stereocenters. The Balaban J connectivity index is 2.02. The highest BCUT2D eigenvalue weighted by molar-refractivity contribution is 5.96. The fraction of sp³-hybridized carbons (Fsp3) is 0.286. The summed E-state index contributed by atoms with van der Waals surface area (Å²) in [6.45, 7) is 5.30. The maximum Gasteiger partial charge on any atom is 0.326 e. The van der Waals surface area contributed by atoms with Crippen LogP contribution in [0, 0.1) is 5.92 Å². The number of carboxylic acids is 1. The highest BCUT2D eigenvalue weighted by atomic mass is 16.5. The van der Waals surface area contributed by atoms with Gasteiger partial charge < -0.3 is 15.2 Å². The van der Waals surface area contributed by atoms with Crippen molar-refractivity contribution in [2.24, 2.45) is 5.92 Å². The number of Topliss-reactive ketones (excluding diaryl/α,β-unsaturated/α-hetero) is 1. The number of amides is 1. The van der Waals surface area contributed by atoms with Gasteiger partial charge in [-0.2, -0.15) is 0 Å². The second-order valence-corrected chi connectivity index (χ2v) is 6.70. The van der Waals surface area contributed by atoms with Crippen molar-refractivity contribution in [3.63, 3.8) is 0 Å². The van der Waals surface area contributed by atoms with E-state index in [1.54, 1.807) is 48.5 Å². The van der Waals surface area contributed by atoms with Crippen molar-refractivity contribution in [2.45, 2.75) is 33.2 Å². The predicted octanol–water partition coefficient (Wildman–Crippen LogP) is 3.91. The molecule has 0 heterocycles. The second-order valence-electron chi connectivity index (χ2n) is 6.70. The molecule has 0 aliphatic carbocycles. The topological polar surface area (TPSA) is 92.7 Å². The van der Waals surface area contributed by atoms with E-state index in [4.69, 9.17) is 4.74 Å². The van der Waals surface area contributed by atoms with E-state index in [9.17, 15) is 19.5 Å². The Kier molecular flexibility index (Phi) is 6.71. The molecule has 0 bridgehead atoms. The van der Waals surface area contributed by atoms with Crippen LogP contribution in [0.5, 0.6) is 11.5 Å². The van der Waals surface area contributed by atoms with E-state index in [0.717, 1.165) is 0 Å². The lowest BCUT2D eigenvalue weighted by Gasteiger charge is -2.16. The number of ketones is 1. The van der Waals surface area contributed by atoms with E-state index in [1.807, 2.05) is 13.8 Å². The maximum atomic E-state index is 12.3. The summed E-state index contributed by atoms with van der Waals surface area (Å²) in [5, 5.41) is 11.8. The Bertz CT molecular complexity index is 809. The highest BCUT2D eigenvalue weighted by Gasteiger charge is 2.21. The van der Waals surface area contributed by atoms with E-state index in [1.165, 1.54) is 6.92 Å². The normalized spacial score (nSPS) is 11.7. The molecule has 0 aliphatic heterocycles. The molecule has 1 amide bonds. The minimum atomic E-state index is -1.05. The van der Waals surface area contributed by atoms with Gasteiger partial charge in [-0.05, 0) is 67.8 Å². The highest BCUT2D eigenvalue weighted by Crippen LogP contribution is 2.22. The number of benzene rings is 2. The number of nitrogens with one attached hydrogen (secondary N) is 1. The molecule has 0 saturated heterocycles. The van der Waals surface area contributed by atoms with Crippen molar-refractivity contribution >= 4 is 17.7 Å². The largest absolute Gasteiger partial charge is 0.480 e. The molecule has 0 radical (unpaired) electrons. The third-order valence-corrected chi connectivity index (χ3v) is 3.92. The number of carbonyl (C=O) groups excluding carboxylic acids is 2. The summed E-state index contributed by atoms with van der Waals surface area (Å²) in [7, 11) is 0. The number of hydrogen-bond donors (Lipinski definition) is 2. The zero-order valence-corrected chi connectivity index (χ0v) is 15.6. The fourth-order valence-electron chi connectivity index (χ4n) is 2.50. The summed E-state index contributed by atoms with van der Waals surface area (Å²) in [4.78, 5) is 34.8. The van der Waals surface area contributed by atoms with Crippen molar-refractivity contribution < 1.29 is 24.2 Å². The van der Waals surface area contributed by atoms with Gasteiger partial charge in [-0.1, -0.05) is 13.8 Å². The molecule has 0 aliphatic rings. The Hall–Kier alpha value is -3.15. The molecule has 2 rings (SSSR count). The molecule has 0 fully saturated rings. The first-order chi connectivity index (χ1) is 12.8. The number of rotatable bonds is 8. The van der Waals surface area contributed by atoms with Crippen molar-refractivity contribution in [3.8, 4) is 11.5 Å². The molecule has 6 nitrogen and oxygen atoms in total. The quantitative estimate of drug-likeness (QED) is 0.688. The first kappa shape index (κ1) is 20.2. The van der Waals surface area contributed by atoms with Gasteiger partial charge in [0.2, 0.25) is 0 Å². The Morgan fingerprint density at radius 3 is 1.81 bits per heavy atom. The molecule has 2 aromatic rings. The van der Waals surface area contributed by atoms with Gasteiger partial charge in [0.05, 0.1) is 0 Å². The molecule has 27 heavy (non-hydrogen) atoms. The third kappa shape index (κ3) is 5.95. The molecule has 142 valence electrons. The Labute approximate surface area is 158 Å². The van der Waals surface area contributed by atoms with Crippen LogP contribution in [0.2, 0.25) is 0 Å². The van der Waals surface area contributed by atoms with Gasteiger partial charge in [-0.25, -0.2) is 4.79 Å². The number of carboxylic acid groups (broad SMARTS) is 1. The van der Waals surface area contributed by atoms with Crippen LogP contribution in [0.3, 0.4) is 0 Å².